The molecule has 9 rings (SSSR count). The third kappa shape index (κ3) is 4.72. The molecule has 5 nitrogen and oxygen atoms in total. The van der Waals surface area contributed by atoms with E-state index in [4.69, 9.17) is 14.4 Å². The van der Waals surface area contributed by atoms with Gasteiger partial charge in [-0.1, -0.05) is 105 Å². The minimum atomic E-state index is -0.125. The van der Waals surface area contributed by atoms with Gasteiger partial charge in [0.15, 0.2) is 0 Å². The number of pyridine rings is 2. The number of hydrogen-bond acceptors (Lipinski definition) is 4. The van der Waals surface area contributed by atoms with Crippen LogP contribution in [0.2, 0.25) is 0 Å². The number of nitrogens with zero attached hydrogens (tertiary/aromatic N) is 3. The standard InChI is InChI=1S/C42H30N3O2.Pt/c1-42(2,3)29-20-27(33-22-26(17-18-43-33)25-11-5-4-6-12-25)19-28(21-29)34-24-45-35-15-9-7-13-30(35)32-23-37-38(40(46)39(32)41(45)44-34)31-14-8-10-16-36(31)47-37;/h4-18,20-24,46H,1-3H3;/q-1;. The zero-order chi connectivity index (χ0) is 31.9. The summed E-state index contributed by atoms with van der Waals surface area (Å²) in [6, 6.07) is 40.6. The first-order valence-electron chi connectivity index (χ1n) is 15.8. The molecule has 6 heteroatoms. The van der Waals surface area contributed by atoms with Gasteiger partial charge in [-0.25, -0.2) is 0 Å². The van der Waals surface area contributed by atoms with Gasteiger partial charge >= 0.3 is 0 Å². The summed E-state index contributed by atoms with van der Waals surface area (Å²) < 4.78 is 8.31. The average Bonchev–Trinajstić information content (AvgIpc) is 3.71. The van der Waals surface area contributed by atoms with Gasteiger partial charge in [0.2, 0.25) is 0 Å². The van der Waals surface area contributed by atoms with Crippen LogP contribution in [0.1, 0.15) is 26.3 Å². The molecule has 236 valence electrons. The zero-order valence-electron chi connectivity index (χ0n) is 26.6. The van der Waals surface area contributed by atoms with Crippen LogP contribution in [0.4, 0.5) is 0 Å². The second-order valence-electron chi connectivity index (χ2n) is 13.2. The second-order valence-corrected chi connectivity index (χ2v) is 13.2. The van der Waals surface area contributed by atoms with Gasteiger partial charge in [0.1, 0.15) is 22.6 Å². The fourth-order valence-electron chi connectivity index (χ4n) is 6.75. The molecule has 0 spiro atoms. The van der Waals surface area contributed by atoms with Crippen molar-refractivity contribution in [3.8, 4) is 39.4 Å². The average molecular weight is 804 g/mol. The quantitative estimate of drug-likeness (QED) is 0.143. The van der Waals surface area contributed by atoms with Crippen LogP contribution in [0.5, 0.6) is 5.75 Å². The van der Waals surface area contributed by atoms with Crippen molar-refractivity contribution >= 4 is 49.3 Å². The van der Waals surface area contributed by atoms with Crippen molar-refractivity contribution in [2.24, 2.45) is 0 Å². The number of furan rings is 1. The first-order chi connectivity index (χ1) is 22.8. The van der Waals surface area contributed by atoms with E-state index in [2.05, 4.69) is 92.0 Å². The van der Waals surface area contributed by atoms with E-state index in [9.17, 15) is 5.11 Å². The van der Waals surface area contributed by atoms with Crippen molar-refractivity contribution in [3.05, 3.63) is 133 Å². The first-order valence-corrected chi connectivity index (χ1v) is 15.8. The van der Waals surface area contributed by atoms with Crippen LogP contribution in [0.3, 0.4) is 0 Å². The predicted octanol–water partition coefficient (Wildman–Crippen LogP) is 10.7. The third-order valence-electron chi connectivity index (χ3n) is 9.18. The Bertz CT molecular complexity index is 2680. The second kappa shape index (κ2) is 11.2. The number of rotatable bonds is 3. The van der Waals surface area contributed by atoms with Crippen LogP contribution >= 0.6 is 0 Å². The third-order valence-corrected chi connectivity index (χ3v) is 9.18. The molecular formula is C42H30N3O2Pt-. The monoisotopic (exact) mass is 803 g/mol. The molecule has 0 bridgehead atoms. The molecular weight excluding hydrogens is 774 g/mol. The topological polar surface area (TPSA) is 63.6 Å². The molecule has 5 aromatic carbocycles. The van der Waals surface area contributed by atoms with Gasteiger partial charge < -0.3 is 13.9 Å². The van der Waals surface area contributed by atoms with Gasteiger partial charge in [-0.2, -0.15) is 0 Å². The van der Waals surface area contributed by atoms with Crippen molar-refractivity contribution in [3.63, 3.8) is 0 Å². The maximum absolute atomic E-state index is 12.0. The van der Waals surface area contributed by atoms with Gasteiger partial charge in [-0.3, -0.25) is 9.97 Å². The molecule has 0 unspecified atom stereocenters. The number of para-hydroxylation sites is 2. The fraction of sp³-hybridized carbons (Fsp3) is 0.0952. The van der Waals surface area contributed by atoms with Gasteiger partial charge in [0.25, 0.3) is 0 Å². The summed E-state index contributed by atoms with van der Waals surface area (Å²) in [5.74, 6) is 0.172. The summed E-state index contributed by atoms with van der Waals surface area (Å²) in [6.07, 6.45) is 3.92. The Morgan fingerprint density at radius 2 is 1.40 bits per heavy atom. The summed E-state index contributed by atoms with van der Waals surface area (Å²) >= 11 is 0. The normalized spacial score (nSPS) is 12.0. The summed E-state index contributed by atoms with van der Waals surface area (Å²) in [6.45, 7) is 6.65. The Morgan fingerprint density at radius 1 is 0.688 bits per heavy atom. The first kappa shape index (κ1) is 30.1. The maximum atomic E-state index is 12.0. The summed E-state index contributed by atoms with van der Waals surface area (Å²) in [4.78, 5) is 10.0. The van der Waals surface area contributed by atoms with Crippen molar-refractivity contribution in [1.29, 1.82) is 0 Å². The Hall–Kier alpha value is -5.25. The number of imidazole rings is 1. The van der Waals surface area contributed by atoms with Crippen LogP contribution < -0.4 is 0 Å². The molecule has 0 fully saturated rings. The zero-order valence-corrected chi connectivity index (χ0v) is 28.8. The minimum Gasteiger partial charge on any atom is -0.506 e. The van der Waals surface area contributed by atoms with Crippen LogP contribution in [-0.4, -0.2) is 19.5 Å². The smallest absolute Gasteiger partial charge is 0.141 e. The van der Waals surface area contributed by atoms with E-state index >= 15 is 0 Å². The molecule has 0 radical (unpaired) electrons. The van der Waals surface area contributed by atoms with E-state index in [-0.39, 0.29) is 32.2 Å². The SMILES string of the molecule is CC(C)(C)c1cc(-c2cc(-c3ccccc3)ccn2)[c-]c(-c2cn3c4ccccc4c4cc5oc6ccccc6c5c(O)c4c3n2)c1.[Pt]. The summed E-state index contributed by atoms with van der Waals surface area (Å²) in [5.41, 5.74) is 9.74. The number of aromatic nitrogens is 3. The maximum Gasteiger partial charge on any atom is 0.141 e. The molecule has 4 heterocycles. The molecule has 0 aliphatic rings. The predicted molar refractivity (Wildman–Crippen MR) is 191 cm³/mol. The van der Waals surface area contributed by atoms with Crippen LogP contribution in [0, 0.1) is 6.07 Å². The molecule has 1 N–H and O–H groups in total. The van der Waals surface area contributed by atoms with E-state index in [1.165, 1.54) is 0 Å². The number of hydrogen-bond donors (Lipinski definition) is 1. The van der Waals surface area contributed by atoms with Crippen molar-refractivity contribution < 1.29 is 30.6 Å². The van der Waals surface area contributed by atoms with Gasteiger partial charge in [-0.05, 0) is 40.8 Å². The number of aromatic hydroxyl groups is 1. The molecule has 0 amide bonds. The number of fused-ring (bicyclic) bond motifs is 9. The van der Waals surface area contributed by atoms with Crippen molar-refractivity contribution in [2.75, 3.05) is 0 Å². The number of phenolic OH excluding ortho intramolecular Hbond substituents is 1. The molecule has 0 aliphatic carbocycles. The van der Waals surface area contributed by atoms with E-state index in [1.54, 1.807) is 0 Å². The van der Waals surface area contributed by atoms with Crippen LogP contribution in [-0.2, 0) is 26.5 Å². The molecule has 0 saturated carbocycles. The van der Waals surface area contributed by atoms with E-state index < -0.39 is 0 Å². The van der Waals surface area contributed by atoms with E-state index in [0.29, 0.717) is 22.0 Å². The Labute approximate surface area is 291 Å². The fourth-order valence-corrected chi connectivity index (χ4v) is 6.75. The van der Waals surface area contributed by atoms with Gasteiger partial charge in [-0.15, -0.1) is 23.8 Å². The minimum absolute atomic E-state index is 0. The number of benzene rings is 5. The Balaban J connectivity index is 0.00000336. The van der Waals surface area contributed by atoms with Crippen molar-refractivity contribution in [1.82, 2.24) is 14.4 Å². The Kier molecular flexibility index (Phi) is 7.01. The molecule has 0 aliphatic heterocycles. The largest absolute Gasteiger partial charge is 0.506 e. The van der Waals surface area contributed by atoms with E-state index in [1.807, 2.05) is 60.8 Å². The molecule has 0 atom stereocenters. The van der Waals surface area contributed by atoms with Crippen LogP contribution in [0.25, 0.3) is 82.9 Å². The van der Waals surface area contributed by atoms with Gasteiger partial charge in [0, 0.05) is 61.0 Å². The molecule has 0 saturated heterocycles. The summed E-state index contributed by atoms with van der Waals surface area (Å²) in [5, 5.41) is 16.1. The molecule has 48 heavy (non-hydrogen) atoms. The van der Waals surface area contributed by atoms with Gasteiger partial charge in [0.05, 0.1) is 16.3 Å². The van der Waals surface area contributed by atoms with E-state index in [0.717, 1.165) is 66.5 Å². The van der Waals surface area contributed by atoms with Crippen molar-refractivity contribution in [2.45, 2.75) is 26.2 Å². The number of phenols is 1. The van der Waals surface area contributed by atoms with Crippen LogP contribution in [0.15, 0.2) is 126 Å². The molecule has 9 aromatic rings. The summed E-state index contributed by atoms with van der Waals surface area (Å²) in [7, 11) is 0. The Morgan fingerprint density at radius 3 is 2.19 bits per heavy atom. The molecule has 4 aromatic heterocycles.